The molecule has 308 valence electrons. The van der Waals surface area contributed by atoms with Gasteiger partial charge in [0.25, 0.3) is 0 Å². The molecule has 1 unspecified atom stereocenters. The maximum Gasteiger partial charge on any atom is 0.333 e. The van der Waals surface area contributed by atoms with Gasteiger partial charge in [-0.3, -0.25) is 0 Å². The molecule has 2 nitrogen and oxygen atoms in total. The van der Waals surface area contributed by atoms with Crippen molar-refractivity contribution < 1.29 is 0 Å². The molecule has 14 rings (SSSR count). The summed E-state index contributed by atoms with van der Waals surface area (Å²) in [6.07, 6.45) is 2.36. The van der Waals surface area contributed by atoms with Crippen LogP contribution in [0.25, 0.3) is 44.5 Å². The molecule has 0 spiro atoms. The molecule has 0 amide bonds. The predicted molar refractivity (Wildman–Crippen MR) is 269 cm³/mol. The van der Waals surface area contributed by atoms with E-state index in [2.05, 4.69) is 216 Å². The van der Waals surface area contributed by atoms with E-state index in [0.717, 1.165) is 0 Å². The first-order valence-electron chi connectivity index (χ1n) is 23.5. The van der Waals surface area contributed by atoms with E-state index in [4.69, 9.17) is 0 Å². The molecule has 4 heterocycles. The number of fused-ring (bicyclic) bond motifs is 9. The average molecular weight is 823 g/mol. The van der Waals surface area contributed by atoms with Crippen LogP contribution in [0.5, 0.6) is 0 Å². The van der Waals surface area contributed by atoms with Crippen molar-refractivity contribution in [1.29, 1.82) is 0 Å². The second-order valence-electron chi connectivity index (χ2n) is 21.6. The van der Waals surface area contributed by atoms with Gasteiger partial charge in [-0.2, -0.15) is 0 Å². The van der Waals surface area contributed by atoms with Gasteiger partial charge in [-0.1, -0.05) is 175 Å². The molecule has 4 aliphatic heterocycles. The van der Waals surface area contributed by atoms with Gasteiger partial charge in [0.15, 0.2) is 0 Å². The summed E-state index contributed by atoms with van der Waals surface area (Å²) in [4.78, 5) is 5.55. The third kappa shape index (κ3) is 4.34. The lowest BCUT2D eigenvalue weighted by molar-refractivity contribution is 0.326. The standard InChI is InChI=1S/C61H51BN2/c1-58(2)31-32-59(3,4)52-47(58)35-48-56-53(52)61(7)45-22-15-14-21-41(45)43-34-44-42-30-27-39(37-19-12-9-13-20-37)33-50(42)64(40-28-25-38(26-29-40)36-17-10-8-11-18-36)62-49-24-16-23-46(60(48,5)6)55(49)63(56)57(51(43)61)54(44)62/h8-30,33-35H,31-32H2,1-7H3. The number of nitrogens with zero attached hydrogens (tertiary/aromatic N) is 2. The second-order valence-corrected chi connectivity index (χ2v) is 21.6. The molecule has 0 fully saturated rings. The van der Waals surface area contributed by atoms with Gasteiger partial charge >= 0.3 is 6.85 Å². The van der Waals surface area contributed by atoms with Gasteiger partial charge in [-0.05, 0) is 144 Å². The third-order valence-electron chi connectivity index (χ3n) is 17.0. The number of rotatable bonds is 3. The summed E-state index contributed by atoms with van der Waals surface area (Å²) in [6.45, 7) is 17.7. The van der Waals surface area contributed by atoms with Crippen LogP contribution in [0.3, 0.4) is 0 Å². The highest BCUT2D eigenvalue weighted by atomic mass is 15.2. The lowest BCUT2D eigenvalue weighted by Crippen LogP contribution is -2.64. The lowest BCUT2D eigenvalue weighted by atomic mass is 9.41. The Balaban J connectivity index is 1.15. The number of benzene rings is 8. The maximum atomic E-state index is 2.83. The monoisotopic (exact) mass is 822 g/mol. The molecule has 3 heteroatoms. The molecular formula is C61H51BN2. The number of anilines is 5. The Kier molecular flexibility index (Phi) is 6.88. The Labute approximate surface area is 378 Å². The van der Waals surface area contributed by atoms with Crippen molar-refractivity contribution in [2.45, 2.75) is 83.0 Å². The van der Waals surface area contributed by atoms with Crippen molar-refractivity contribution in [1.82, 2.24) is 0 Å². The molecule has 0 radical (unpaired) electrons. The highest BCUT2D eigenvalue weighted by Crippen LogP contribution is 2.70. The van der Waals surface area contributed by atoms with E-state index in [1.54, 1.807) is 16.7 Å². The minimum atomic E-state index is -0.350. The predicted octanol–water partition coefficient (Wildman–Crippen LogP) is 14.4. The van der Waals surface area contributed by atoms with Crippen molar-refractivity contribution in [2.24, 2.45) is 0 Å². The molecule has 2 aliphatic carbocycles. The SMILES string of the molecule is CC1(C)CCC(C)(C)c2c1cc1c3c2C2(C)c4ccccc4-c4cc5c6c(c42)N3c2c(cccc2C1(C)C)B6N(c1ccc(-c2ccccc2)cc1)c1cc(-c2ccccc2)ccc1-5. The summed E-state index contributed by atoms with van der Waals surface area (Å²) in [5, 5.41) is 0. The molecule has 64 heavy (non-hydrogen) atoms. The largest absolute Gasteiger partial charge is 0.376 e. The molecule has 8 aromatic rings. The quantitative estimate of drug-likeness (QED) is 0.164. The third-order valence-corrected chi connectivity index (χ3v) is 17.0. The minimum absolute atomic E-state index is 0.0159. The zero-order valence-electron chi connectivity index (χ0n) is 37.9. The Bertz CT molecular complexity index is 3380. The van der Waals surface area contributed by atoms with Crippen molar-refractivity contribution in [3.63, 3.8) is 0 Å². The average Bonchev–Trinajstić information content (AvgIpc) is 3.58. The first kappa shape index (κ1) is 36.9. The lowest BCUT2D eigenvalue weighted by Gasteiger charge is -2.57. The first-order valence-corrected chi connectivity index (χ1v) is 23.5. The van der Waals surface area contributed by atoms with E-state index < -0.39 is 0 Å². The molecule has 6 aliphatic rings. The Morgan fingerprint density at radius 3 is 1.81 bits per heavy atom. The van der Waals surface area contributed by atoms with Crippen LogP contribution in [-0.4, -0.2) is 6.85 Å². The molecule has 0 saturated carbocycles. The zero-order valence-corrected chi connectivity index (χ0v) is 37.9. The van der Waals surface area contributed by atoms with Crippen LogP contribution < -0.4 is 20.6 Å². The van der Waals surface area contributed by atoms with Crippen LogP contribution >= 0.6 is 0 Å². The maximum absolute atomic E-state index is 2.83. The molecule has 8 aromatic carbocycles. The van der Waals surface area contributed by atoms with Crippen molar-refractivity contribution in [2.75, 3.05) is 9.71 Å². The van der Waals surface area contributed by atoms with Crippen molar-refractivity contribution in [3.05, 3.63) is 197 Å². The Morgan fingerprint density at radius 2 is 1.06 bits per heavy atom. The summed E-state index contributed by atoms with van der Waals surface area (Å²) >= 11 is 0. The molecule has 0 bridgehead atoms. The first-order chi connectivity index (χ1) is 30.9. The fourth-order valence-electron chi connectivity index (χ4n) is 13.8. The smallest absolute Gasteiger partial charge is 0.333 e. The summed E-state index contributed by atoms with van der Waals surface area (Å²) in [7, 11) is 0. The Morgan fingerprint density at radius 1 is 0.422 bits per heavy atom. The summed E-state index contributed by atoms with van der Waals surface area (Å²) in [5.74, 6) is 0. The van der Waals surface area contributed by atoms with Gasteiger partial charge in [-0.25, -0.2) is 0 Å². The molecule has 0 saturated heterocycles. The van der Waals surface area contributed by atoms with Crippen molar-refractivity contribution >= 4 is 46.2 Å². The van der Waals surface area contributed by atoms with Crippen LogP contribution in [-0.2, 0) is 21.7 Å². The number of para-hydroxylation sites is 1. The number of hydrogen-bond donors (Lipinski definition) is 0. The van der Waals surface area contributed by atoms with E-state index in [0.29, 0.717) is 0 Å². The highest BCUT2D eigenvalue weighted by molar-refractivity contribution is 6.93. The van der Waals surface area contributed by atoms with Gasteiger partial charge < -0.3 is 9.71 Å². The topological polar surface area (TPSA) is 6.48 Å². The molecule has 1 atom stereocenters. The summed E-state index contributed by atoms with van der Waals surface area (Å²) in [6, 6.07) is 60.5. The number of hydrogen-bond acceptors (Lipinski definition) is 2. The highest BCUT2D eigenvalue weighted by Gasteiger charge is 2.60. The van der Waals surface area contributed by atoms with Crippen LogP contribution in [0.15, 0.2) is 158 Å². The van der Waals surface area contributed by atoms with E-state index >= 15 is 0 Å². The van der Waals surface area contributed by atoms with Crippen LogP contribution in [0, 0.1) is 0 Å². The second kappa shape index (κ2) is 12.0. The van der Waals surface area contributed by atoms with E-state index in [9.17, 15) is 0 Å². The minimum Gasteiger partial charge on any atom is -0.376 e. The fraction of sp³-hybridized carbons (Fsp3) is 0.213. The van der Waals surface area contributed by atoms with Gasteiger partial charge in [0, 0.05) is 39.1 Å². The van der Waals surface area contributed by atoms with E-state index in [1.165, 1.54) is 119 Å². The molecule has 0 aromatic heterocycles. The van der Waals surface area contributed by atoms with Crippen molar-refractivity contribution in [3.8, 4) is 44.5 Å². The molecular weight excluding hydrogens is 771 g/mol. The van der Waals surface area contributed by atoms with Crippen LogP contribution in [0.4, 0.5) is 28.4 Å². The fourth-order valence-corrected chi connectivity index (χ4v) is 13.8. The van der Waals surface area contributed by atoms with E-state index in [-0.39, 0.29) is 28.5 Å². The zero-order chi connectivity index (χ0) is 43.2. The van der Waals surface area contributed by atoms with Gasteiger partial charge in [0.1, 0.15) is 0 Å². The van der Waals surface area contributed by atoms with E-state index in [1.807, 2.05) is 0 Å². The van der Waals surface area contributed by atoms with Crippen LogP contribution in [0.2, 0.25) is 0 Å². The molecule has 0 N–H and O–H groups in total. The van der Waals surface area contributed by atoms with Gasteiger partial charge in [-0.15, -0.1) is 0 Å². The van der Waals surface area contributed by atoms with Gasteiger partial charge in [0.2, 0.25) is 0 Å². The Hall–Kier alpha value is -6.58. The van der Waals surface area contributed by atoms with Crippen LogP contribution in [0.1, 0.15) is 100 Å². The summed E-state index contributed by atoms with van der Waals surface area (Å²) < 4.78 is 0. The summed E-state index contributed by atoms with van der Waals surface area (Å²) in [5.41, 5.74) is 29.9. The van der Waals surface area contributed by atoms with Gasteiger partial charge in [0.05, 0.1) is 5.69 Å². The normalized spacial score (nSPS) is 19.7.